The molecule has 3 rings (SSSR count). The minimum Gasteiger partial charge on any atom is -0.378 e. The molecule has 0 N–H and O–H groups in total. The van der Waals surface area contributed by atoms with Gasteiger partial charge in [0.15, 0.2) is 0 Å². The maximum absolute atomic E-state index is 4.78. The summed E-state index contributed by atoms with van der Waals surface area (Å²) in [5, 5.41) is 2.34. The van der Waals surface area contributed by atoms with Crippen molar-refractivity contribution in [3.8, 4) is 0 Å². The molecule has 0 radical (unpaired) electrons. The Morgan fingerprint density at radius 3 is 2.43 bits per heavy atom. The molecule has 21 heavy (non-hydrogen) atoms. The molecular formula is C17H18N2S2. The van der Waals surface area contributed by atoms with Crippen LogP contribution in [0.3, 0.4) is 0 Å². The summed E-state index contributed by atoms with van der Waals surface area (Å²) in [5.74, 6) is 0. The van der Waals surface area contributed by atoms with Gasteiger partial charge in [-0.15, -0.1) is 11.8 Å². The molecule has 1 aliphatic heterocycles. The molecule has 0 fully saturated rings. The lowest BCUT2D eigenvalue weighted by molar-refractivity contribution is 1.13. The molecule has 108 valence electrons. The van der Waals surface area contributed by atoms with Crippen LogP contribution in [-0.4, -0.2) is 25.1 Å². The monoisotopic (exact) mass is 314 g/mol. The van der Waals surface area contributed by atoms with Gasteiger partial charge in [-0.2, -0.15) is 0 Å². The molecular weight excluding hydrogens is 296 g/mol. The lowest BCUT2D eigenvalue weighted by atomic mass is 10.1. The van der Waals surface area contributed by atoms with E-state index < -0.39 is 0 Å². The van der Waals surface area contributed by atoms with Crippen molar-refractivity contribution in [2.24, 2.45) is 4.99 Å². The second-order valence-electron chi connectivity index (χ2n) is 5.08. The average molecular weight is 314 g/mol. The van der Waals surface area contributed by atoms with Crippen LogP contribution in [0.2, 0.25) is 0 Å². The van der Waals surface area contributed by atoms with E-state index in [1.165, 1.54) is 21.4 Å². The van der Waals surface area contributed by atoms with E-state index >= 15 is 0 Å². The van der Waals surface area contributed by atoms with Crippen molar-refractivity contribution >= 4 is 34.1 Å². The van der Waals surface area contributed by atoms with Crippen LogP contribution in [0.1, 0.15) is 5.56 Å². The number of nitrogens with zero attached hydrogens (tertiary/aromatic N) is 2. The van der Waals surface area contributed by atoms with Gasteiger partial charge < -0.3 is 4.90 Å². The van der Waals surface area contributed by atoms with Gasteiger partial charge >= 0.3 is 0 Å². The first-order valence-electron chi connectivity index (χ1n) is 6.83. The van der Waals surface area contributed by atoms with E-state index in [9.17, 15) is 0 Å². The standard InChI is InChI=1S/C17H18N2S2/c1-19(2)13-10-8-12(9-11-13)16-14-6-4-5-7-15(14)18-17(20-3)21-16/h4-11,17H,1-3H3. The first kappa shape index (κ1) is 14.5. The van der Waals surface area contributed by atoms with Gasteiger partial charge in [-0.1, -0.05) is 42.1 Å². The Labute approximate surface area is 134 Å². The lowest BCUT2D eigenvalue weighted by Crippen LogP contribution is -2.31. The van der Waals surface area contributed by atoms with Crippen LogP contribution < -0.4 is 15.5 Å². The average Bonchev–Trinajstić information content (AvgIpc) is 2.53. The van der Waals surface area contributed by atoms with Crippen molar-refractivity contribution in [2.45, 2.75) is 4.71 Å². The number of rotatable bonds is 3. The number of fused-ring (bicyclic) bond motifs is 1. The van der Waals surface area contributed by atoms with Crippen molar-refractivity contribution < 1.29 is 0 Å². The van der Waals surface area contributed by atoms with Gasteiger partial charge in [0, 0.05) is 29.9 Å². The Kier molecular flexibility index (Phi) is 4.27. The van der Waals surface area contributed by atoms with Crippen molar-refractivity contribution in [1.82, 2.24) is 0 Å². The molecule has 4 heteroatoms. The molecule has 1 heterocycles. The van der Waals surface area contributed by atoms with Crippen LogP contribution in [0, 0.1) is 0 Å². The number of thioether (sulfide) groups is 2. The molecule has 1 aliphatic rings. The summed E-state index contributed by atoms with van der Waals surface area (Å²) < 4.78 is 0.239. The predicted molar refractivity (Wildman–Crippen MR) is 95.4 cm³/mol. The Hall–Kier alpha value is -1.39. The minimum atomic E-state index is 0.239. The van der Waals surface area contributed by atoms with Gasteiger partial charge in [-0.05, 0) is 30.0 Å². The fourth-order valence-corrected chi connectivity index (χ4v) is 4.15. The highest BCUT2D eigenvalue weighted by Crippen LogP contribution is 2.35. The summed E-state index contributed by atoms with van der Waals surface area (Å²) in [5.41, 5.74) is 2.49. The molecule has 0 spiro atoms. The van der Waals surface area contributed by atoms with Crippen molar-refractivity contribution in [1.29, 1.82) is 0 Å². The summed E-state index contributed by atoms with van der Waals surface area (Å²) in [6, 6.07) is 17.2. The summed E-state index contributed by atoms with van der Waals surface area (Å²) in [6.07, 6.45) is 2.11. The Bertz CT molecular complexity index is 751. The van der Waals surface area contributed by atoms with E-state index in [4.69, 9.17) is 4.99 Å². The fourth-order valence-electron chi connectivity index (χ4n) is 2.32. The highest BCUT2D eigenvalue weighted by molar-refractivity contribution is 8.21. The molecule has 0 saturated carbocycles. The normalized spacial score (nSPS) is 17.1. The van der Waals surface area contributed by atoms with Crippen LogP contribution in [-0.2, 0) is 0 Å². The van der Waals surface area contributed by atoms with Crippen LogP contribution >= 0.6 is 23.5 Å². The summed E-state index contributed by atoms with van der Waals surface area (Å²) >= 11 is 3.62. The number of hydrogen-bond acceptors (Lipinski definition) is 4. The minimum absolute atomic E-state index is 0.239. The van der Waals surface area contributed by atoms with E-state index in [-0.39, 0.29) is 4.71 Å². The van der Waals surface area contributed by atoms with Gasteiger partial charge in [0.1, 0.15) is 4.71 Å². The number of benzene rings is 2. The SMILES string of the molecule is CSC1N=c2ccccc2=C(c2ccc(N(C)C)cc2)S1. The summed E-state index contributed by atoms with van der Waals surface area (Å²) in [7, 11) is 4.13. The third kappa shape index (κ3) is 2.97. The van der Waals surface area contributed by atoms with Gasteiger partial charge in [0.2, 0.25) is 0 Å². The second-order valence-corrected chi connectivity index (χ2v) is 7.38. The molecule has 0 aromatic heterocycles. The van der Waals surface area contributed by atoms with Crippen LogP contribution in [0.15, 0.2) is 53.5 Å². The van der Waals surface area contributed by atoms with E-state index in [0.29, 0.717) is 0 Å². The van der Waals surface area contributed by atoms with Gasteiger partial charge in [0.25, 0.3) is 0 Å². The quantitative estimate of drug-likeness (QED) is 0.866. The Morgan fingerprint density at radius 2 is 1.76 bits per heavy atom. The lowest BCUT2D eigenvalue weighted by Gasteiger charge is -2.18. The van der Waals surface area contributed by atoms with E-state index in [1.807, 2.05) is 11.8 Å². The van der Waals surface area contributed by atoms with Gasteiger partial charge in [0.05, 0.1) is 5.36 Å². The zero-order valence-electron chi connectivity index (χ0n) is 12.4. The van der Waals surface area contributed by atoms with Crippen LogP contribution in [0.5, 0.6) is 0 Å². The Morgan fingerprint density at radius 1 is 1.05 bits per heavy atom. The fraction of sp³-hybridized carbons (Fsp3) is 0.235. The zero-order valence-corrected chi connectivity index (χ0v) is 14.0. The Balaban J connectivity index is 2.14. The third-order valence-corrected chi connectivity index (χ3v) is 5.83. The smallest absolute Gasteiger partial charge is 0.146 e. The largest absolute Gasteiger partial charge is 0.378 e. The molecule has 2 nitrogen and oxygen atoms in total. The van der Waals surface area contributed by atoms with E-state index in [0.717, 1.165) is 5.36 Å². The number of anilines is 1. The van der Waals surface area contributed by atoms with Gasteiger partial charge in [-0.25, -0.2) is 0 Å². The van der Waals surface area contributed by atoms with Gasteiger partial charge in [-0.3, -0.25) is 4.99 Å². The highest BCUT2D eigenvalue weighted by atomic mass is 32.2. The van der Waals surface area contributed by atoms with E-state index in [2.05, 4.69) is 73.8 Å². The molecule has 0 bridgehead atoms. The summed E-state index contributed by atoms with van der Waals surface area (Å²) in [6.45, 7) is 0. The second kappa shape index (κ2) is 6.16. The topological polar surface area (TPSA) is 15.6 Å². The maximum Gasteiger partial charge on any atom is 0.146 e. The molecule has 1 unspecified atom stereocenters. The number of para-hydroxylation sites is 1. The van der Waals surface area contributed by atoms with Crippen molar-refractivity contribution in [3.63, 3.8) is 0 Å². The molecule has 0 aliphatic carbocycles. The third-order valence-electron chi connectivity index (χ3n) is 3.46. The van der Waals surface area contributed by atoms with Crippen molar-refractivity contribution in [2.75, 3.05) is 25.3 Å². The first-order chi connectivity index (χ1) is 10.2. The molecule has 2 aromatic rings. The molecule has 1 atom stereocenters. The van der Waals surface area contributed by atoms with Crippen LogP contribution in [0.4, 0.5) is 5.69 Å². The molecule has 0 saturated heterocycles. The molecule has 0 amide bonds. The van der Waals surface area contributed by atoms with E-state index in [1.54, 1.807) is 11.8 Å². The van der Waals surface area contributed by atoms with Crippen molar-refractivity contribution in [3.05, 3.63) is 64.7 Å². The predicted octanol–water partition coefficient (Wildman–Crippen LogP) is 2.92. The highest BCUT2D eigenvalue weighted by Gasteiger charge is 2.16. The first-order valence-corrected chi connectivity index (χ1v) is 9.00. The zero-order chi connectivity index (χ0) is 14.8. The van der Waals surface area contributed by atoms with Crippen LogP contribution in [0.25, 0.3) is 4.91 Å². The maximum atomic E-state index is 4.78. The number of hydrogen-bond donors (Lipinski definition) is 0. The summed E-state index contributed by atoms with van der Waals surface area (Å²) in [4.78, 5) is 8.23. The molecule has 2 aromatic carbocycles.